The third-order valence-corrected chi connectivity index (χ3v) is 4.04. The highest BCUT2D eigenvalue weighted by Gasteiger charge is 2.30. The number of anilines is 2. The molecule has 0 fully saturated rings. The van der Waals surface area contributed by atoms with Gasteiger partial charge in [-0.1, -0.05) is 37.3 Å². The van der Waals surface area contributed by atoms with E-state index in [0.717, 1.165) is 24.2 Å². The summed E-state index contributed by atoms with van der Waals surface area (Å²) in [5, 5.41) is 2.99. The summed E-state index contributed by atoms with van der Waals surface area (Å²) in [4.78, 5) is 14.4. The van der Waals surface area contributed by atoms with Crippen LogP contribution in [0.5, 0.6) is 0 Å². The van der Waals surface area contributed by atoms with Crippen LogP contribution in [0.3, 0.4) is 0 Å². The highest BCUT2D eigenvalue weighted by atomic mass is 16.2. The lowest BCUT2D eigenvalue weighted by atomic mass is 10.1. The molecule has 0 aliphatic carbocycles. The summed E-state index contributed by atoms with van der Waals surface area (Å²) in [5.41, 5.74) is 4.37. The third-order valence-electron chi connectivity index (χ3n) is 4.04. The Balaban J connectivity index is 1.79. The predicted octanol–water partition coefficient (Wildman–Crippen LogP) is 4.23. The molecule has 2 amide bonds. The van der Waals surface area contributed by atoms with Gasteiger partial charge in [0, 0.05) is 17.4 Å². The van der Waals surface area contributed by atoms with E-state index in [0.29, 0.717) is 0 Å². The van der Waals surface area contributed by atoms with Crippen molar-refractivity contribution in [3.63, 3.8) is 0 Å². The summed E-state index contributed by atoms with van der Waals surface area (Å²) >= 11 is 0. The van der Waals surface area contributed by atoms with Gasteiger partial charge in [-0.05, 0) is 49.1 Å². The van der Waals surface area contributed by atoms with Crippen LogP contribution in [0.1, 0.15) is 25.0 Å². The molecule has 21 heavy (non-hydrogen) atoms. The van der Waals surface area contributed by atoms with Gasteiger partial charge in [0.1, 0.15) is 0 Å². The quantitative estimate of drug-likeness (QED) is 0.877. The van der Waals surface area contributed by atoms with Crippen molar-refractivity contribution in [2.24, 2.45) is 0 Å². The second-order valence-electron chi connectivity index (χ2n) is 5.53. The Bertz CT molecular complexity index is 649. The van der Waals surface area contributed by atoms with Gasteiger partial charge in [0.05, 0.1) is 0 Å². The average molecular weight is 280 g/mol. The van der Waals surface area contributed by atoms with E-state index in [9.17, 15) is 4.79 Å². The molecule has 1 atom stereocenters. The van der Waals surface area contributed by atoms with Crippen molar-refractivity contribution in [1.29, 1.82) is 0 Å². The molecule has 0 radical (unpaired) electrons. The van der Waals surface area contributed by atoms with Crippen molar-refractivity contribution >= 4 is 17.4 Å². The Morgan fingerprint density at radius 2 is 1.90 bits per heavy atom. The molecule has 0 aromatic heterocycles. The van der Waals surface area contributed by atoms with Gasteiger partial charge in [0.15, 0.2) is 0 Å². The number of urea groups is 1. The molecule has 1 aliphatic heterocycles. The molecular weight excluding hydrogens is 260 g/mol. The maximum atomic E-state index is 12.6. The number of aryl methyl sites for hydroxylation is 1. The molecule has 0 spiro atoms. The van der Waals surface area contributed by atoms with Crippen LogP contribution in [0.15, 0.2) is 48.5 Å². The normalized spacial score (nSPS) is 16.7. The Hall–Kier alpha value is -2.29. The van der Waals surface area contributed by atoms with Crippen LogP contribution in [0, 0.1) is 0 Å². The Kier molecular flexibility index (Phi) is 3.65. The summed E-state index contributed by atoms with van der Waals surface area (Å²) in [6.45, 7) is 4.20. The Morgan fingerprint density at radius 3 is 2.62 bits per heavy atom. The second kappa shape index (κ2) is 5.60. The second-order valence-corrected chi connectivity index (χ2v) is 5.53. The maximum Gasteiger partial charge on any atom is 0.326 e. The minimum Gasteiger partial charge on any atom is -0.308 e. The summed E-state index contributed by atoms with van der Waals surface area (Å²) < 4.78 is 0. The molecule has 3 heteroatoms. The van der Waals surface area contributed by atoms with E-state index in [1.54, 1.807) is 0 Å². The van der Waals surface area contributed by atoms with Crippen molar-refractivity contribution in [3.8, 4) is 0 Å². The van der Waals surface area contributed by atoms with Gasteiger partial charge in [-0.15, -0.1) is 0 Å². The first-order chi connectivity index (χ1) is 10.2. The third kappa shape index (κ3) is 2.64. The molecule has 2 aromatic carbocycles. The molecule has 3 nitrogen and oxygen atoms in total. The molecule has 108 valence electrons. The largest absolute Gasteiger partial charge is 0.326 e. The molecule has 1 heterocycles. The number of amides is 2. The predicted molar refractivity (Wildman–Crippen MR) is 86.9 cm³/mol. The lowest BCUT2D eigenvalue weighted by Crippen LogP contribution is -2.39. The van der Waals surface area contributed by atoms with E-state index in [1.165, 1.54) is 11.1 Å². The summed E-state index contributed by atoms with van der Waals surface area (Å²) in [5.74, 6) is 0. The van der Waals surface area contributed by atoms with E-state index < -0.39 is 0 Å². The fraction of sp³-hybridized carbons (Fsp3) is 0.278. The molecule has 1 unspecified atom stereocenters. The number of carbonyl (C=O) groups is 1. The summed E-state index contributed by atoms with van der Waals surface area (Å²) in [6, 6.07) is 16.3. The van der Waals surface area contributed by atoms with Crippen LogP contribution in [-0.2, 0) is 12.8 Å². The first-order valence-electron chi connectivity index (χ1n) is 7.46. The Morgan fingerprint density at radius 1 is 1.19 bits per heavy atom. The van der Waals surface area contributed by atoms with Gasteiger partial charge in [-0.3, -0.25) is 4.90 Å². The van der Waals surface area contributed by atoms with E-state index in [-0.39, 0.29) is 12.1 Å². The van der Waals surface area contributed by atoms with Crippen LogP contribution in [0.25, 0.3) is 0 Å². The number of rotatable bonds is 2. The van der Waals surface area contributed by atoms with Crippen LogP contribution in [0.2, 0.25) is 0 Å². The fourth-order valence-corrected chi connectivity index (χ4v) is 2.88. The zero-order valence-corrected chi connectivity index (χ0v) is 12.5. The lowest BCUT2D eigenvalue weighted by Gasteiger charge is -2.23. The van der Waals surface area contributed by atoms with Gasteiger partial charge >= 0.3 is 6.03 Å². The van der Waals surface area contributed by atoms with Gasteiger partial charge in [0.25, 0.3) is 0 Å². The molecule has 1 aliphatic rings. The van der Waals surface area contributed by atoms with E-state index in [2.05, 4.69) is 37.4 Å². The summed E-state index contributed by atoms with van der Waals surface area (Å²) in [6.07, 6.45) is 1.92. The first-order valence-corrected chi connectivity index (χ1v) is 7.46. The monoisotopic (exact) mass is 280 g/mol. The summed E-state index contributed by atoms with van der Waals surface area (Å²) in [7, 11) is 0. The fourth-order valence-electron chi connectivity index (χ4n) is 2.88. The molecular formula is C18H20N2O. The van der Waals surface area contributed by atoms with Gasteiger partial charge < -0.3 is 5.32 Å². The molecule has 0 bridgehead atoms. The maximum absolute atomic E-state index is 12.6. The van der Waals surface area contributed by atoms with Gasteiger partial charge in [-0.25, -0.2) is 4.79 Å². The number of carbonyl (C=O) groups excluding carboxylic acids is 1. The zero-order chi connectivity index (χ0) is 14.8. The van der Waals surface area contributed by atoms with E-state index in [4.69, 9.17) is 0 Å². The van der Waals surface area contributed by atoms with Gasteiger partial charge in [-0.2, -0.15) is 0 Å². The van der Waals surface area contributed by atoms with E-state index >= 15 is 0 Å². The van der Waals surface area contributed by atoms with Crippen molar-refractivity contribution in [2.45, 2.75) is 32.7 Å². The number of hydrogen-bond donors (Lipinski definition) is 1. The molecule has 0 saturated heterocycles. The van der Waals surface area contributed by atoms with Crippen molar-refractivity contribution in [2.75, 3.05) is 10.2 Å². The van der Waals surface area contributed by atoms with Gasteiger partial charge in [0.2, 0.25) is 0 Å². The zero-order valence-electron chi connectivity index (χ0n) is 12.5. The number of nitrogens with one attached hydrogen (secondary N) is 1. The molecule has 3 rings (SSSR count). The highest BCUT2D eigenvalue weighted by Crippen LogP contribution is 2.32. The molecule has 0 saturated carbocycles. The minimum absolute atomic E-state index is 0.0586. The Labute approximate surface area is 125 Å². The first kappa shape index (κ1) is 13.7. The van der Waals surface area contributed by atoms with E-state index in [1.807, 2.05) is 35.2 Å². The standard InChI is InChI=1S/C18H20N2O/c1-3-14-8-10-16(11-9-14)19-18(21)20-13(2)12-15-6-4-5-7-17(15)20/h4-11,13H,3,12H2,1-2H3,(H,19,21). The molecule has 1 N–H and O–H groups in total. The van der Waals surface area contributed by atoms with Crippen LogP contribution in [-0.4, -0.2) is 12.1 Å². The molecule has 2 aromatic rings. The number of benzene rings is 2. The number of hydrogen-bond acceptors (Lipinski definition) is 1. The van der Waals surface area contributed by atoms with Crippen molar-refractivity contribution in [3.05, 3.63) is 59.7 Å². The lowest BCUT2D eigenvalue weighted by molar-refractivity contribution is 0.256. The number of para-hydroxylation sites is 1. The van der Waals surface area contributed by atoms with Crippen molar-refractivity contribution in [1.82, 2.24) is 0 Å². The van der Waals surface area contributed by atoms with Crippen LogP contribution < -0.4 is 10.2 Å². The minimum atomic E-state index is -0.0586. The van der Waals surface area contributed by atoms with Crippen LogP contribution >= 0.6 is 0 Å². The smallest absolute Gasteiger partial charge is 0.308 e. The van der Waals surface area contributed by atoms with Crippen molar-refractivity contribution < 1.29 is 4.79 Å². The topological polar surface area (TPSA) is 32.3 Å². The van der Waals surface area contributed by atoms with Crippen LogP contribution in [0.4, 0.5) is 16.2 Å². The number of fused-ring (bicyclic) bond motifs is 1. The average Bonchev–Trinajstić information content (AvgIpc) is 2.83. The number of nitrogens with zero attached hydrogens (tertiary/aromatic N) is 1. The SMILES string of the molecule is CCc1ccc(NC(=O)N2c3ccccc3CC2C)cc1. The highest BCUT2D eigenvalue weighted by molar-refractivity contribution is 6.03.